The SMILES string of the molecule is Cc1cccc(C(=O)NN(C(=O)c2ccoc2)C(C)(C)C)c1. The zero-order valence-electron chi connectivity index (χ0n) is 13.2. The van der Waals surface area contributed by atoms with E-state index in [2.05, 4.69) is 5.43 Å². The summed E-state index contributed by atoms with van der Waals surface area (Å²) in [6.07, 6.45) is 2.79. The smallest absolute Gasteiger partial charge is 0.276 e. The highest BCUT2D eigenvalue weighted by atomic mass is 16.3. The molecule has 0 aliphatic heterocycles. The van der Waals surface area contributed by atoms with E-state index < -0.39 is 5.54 Å². The van der Waals surface area contributed by atoms with E-state index in [0.29, 0.717) is 11.1 Å². The molecule has 5 heteroatoms. The molecule has 1 heterocycles. The number of rotatable bonds is 2. The second-order valence-corrected chi connectivity index (χ2v) is 6.13. The van der Waals surface area contributed by atoms with Crippen molar-refractivity contribution in [2.24, 2.45) is 0 Å². The zero-order chi connectivity index (χ0) is 16.3. The Kier molecular flexibility index (Phi) is 4.35. The molecule has 0 fully saturated rings. The Hall–Kier alpha value is -2.56. The summed E-state index contributed by atoms with van der Waals surface area (Å²) in [5.41, 5.74) is 4.00. The van der Waals surface area contributed by atoms with Crippen LogP contribution in [0.15, 0.2) is 47.3 Å². The highest BCUT2D eigenvalue weighted by Crippen LogP contribution is 2.16. The fourth-order valence-electron chi connectivity index (χ4n) is 1.99. The molecule has 0 bridgehead atoms. The third-order valence-corrected chi connectivity index (χ3v) is 3.14. The number of furan rings is 1. The molecule has 0 unspecified atom stereocenters. The lowest BCUT2D eigenvalue weighted by molar-refractivity contribution is 0.0358. The van der Waals surface area contributed by atoms with Crippen molar-refractivity contribution in [1.82, 2.24) is 10.4 Å². The third kappa shape index (κ3) is 3.55. The predicted octanol–water partition coefficient (Wildman–Crippen LogP) is 3.17. The number of hydrazine groups is 1. The summed E-state index contributed by atoms with van der Waals surface area (Å²) in [5.74, 6) is -0.641. The van der Waals surface area contributed by atoms with E-state index in [1.54, 1.807) is 18.2 Å². The van der Waals surface area contributed by atoms with Gasteiger partial charge in [0.05, 0.1) is 17.4 Å². The molecule has 0 aliphatic carbocycles. The van der Waals surface area contributed by atoms with Crippen molar-refractivity contribution in [1.29, 1.82) is 0 Å². The van der Waals surface area contributed by atoms with E-state index in [9.17, 15) is 9.59 Å². The minimum atomic E-state index is -0.576. The van der Waals surface area contributed by atoms with Crippen LogP contribution in [0.4, 0.5) is 0 Å². The van der Waals surface area contributed by atoms with Crippen LogP contribution in [0, 0.1) is 6.92 Å². The van der Waals surface area contributed by atoms with Crippen molar-refractivity contribution in [2.45, 2.75) is 33.2 Å². The Balaban J connectivity index is 2.24. The molecule has 1 N–H and O–H groups in total. The summed E-state index contributed by atoms with van der Waals surface area (Å²) in [6, 6.07) is 8.78. The maximum Gasteiger partial charge on any atom is 0.276 e. The van der Waals surface area contributed by atoms with E-state index in [4.69, 9.17) is 4.42 Å². The Morgan fingerprint density at radius 2 is 1.86 bits per heavy atom. The normalized spacial score (nSPS) is 11.1. The number of aryl methyl sites for hydroxylation is 1. The summed E-state index contributed by atoms with van der Waals surface area (Å²) >= 11 is 0. The minimum Gasteiger partial charge on any atom is -0.472 e. The van der Waals surface area contributed by atoms with Gasteiger partial charge >= 0.3 is 0 Å². The van der Waals surface area contributed by atoms with Crippen molar-refractivity contribution < 1.29 is 14.0 Å². The first kappa shape index (κ1) is 15.8. The predicted molar refractivity (Wildman–Crippen MR) is 83.3 cm³/mol. The van der Waals surface area contributed by atoms with E-state index in [0.717, 1.165) is 5.56 Å². The molecule has 2 aromatic rings. The standard InChI is InChI=1S/C17H20N2O3/c1-12-6-5-7-13(10-12)15(20)18-19(17(2,3)4)16(21)14-8-9-22-11-14/h5-11H,1-4H3,(H,18,20). The minimum absolute atomic E-state index is 0.317. The number of carbonyl (C=O) groups is 2. The van der Waals surface area contributed by atoms with Gasteiger partial charge in [-0.15, -0.1) is 0 Å². The molecule has 0 aliphatic rings. The zero-order valence-corrected chi connectivity index (χ0v) is 13.2. The molecule has 0 radical (unpaired) electrons. The molecule has 0 saturated carbocycles. The van der Waals surface area contributed by atoms with Gasteiger partial charge in [-0.25, -0.2) is 5.01 Å². The van der Waals surface area contributed by atoms with Crippen molar-refractivity contribution in [3.63, 3.8) is 0 Å². The Morgan fingerprint density at radius 3 is 2.41 bits per heavy atom. The molecular weight excluding hydrogens is 280 g/mol. The molecular formula is C17H20N2O3. The quantitative estimate of drug-likeness (QED) is 0.866. The molecule has 116 valence electrons. The van der Waals surface area contributed by atoms with Gasteiger partial charge in [-0.05, 0) is 45.9 Å². The average Bonchev–Trinajstić information content (AvgIpc) is 2.96. The van der Waals surface area contributed by atoms with Gasteiger partial charge in [0.15, 0.2) is 0 Å². The monoisotopic (exact) mass is 300 g/mol. The van der Waals surface area contributed by atoms with Crippen LogP contribution in [0.1, 0.15) is 47.1 Å². The van der Waals surface area contributed by atoms with Gasteiger partial charge in [0.25, 0.3) is 11.8 Å². The molecule has 0 spiro atoms. The third-order valence-electron chi connectivity index (χ3n) is 3.14. The lowest BCUT2D eigenvalue weighted by Gasteiger charge is -2.35. The van der Waals surface area contributed by atoms with Crippen LogP contribution in [0.2, 0.25) is 0 Å². The summed E-state index contributed by atoms with van der Waals surface area (Å²) in [6.45, 7) is 7.46. The molecule has 1 aromatic carbocycles. The second-order valence-electron chi connectivity index (χ2n) is 6.13. The number of nitrogens with one attached hydrogen (secondary N) is 1. The summed E-state index contributed by atoms with van der Waals surface area (Å²) < 4.78 is 4.94. The summed E-state index contributed by atoms with van der Waals surface area (Å²) in [7, 11) is 0. The molecule has 22 heavy (non-hydrogen) atoms. The van der Waals surface area contributed by atoms with Gasteiger partial charge in [-0.1, -0.05) is 17.7 Å². The van der Waals surface area contributed by atoms with Crippen LogP contribution in [-0.4, -0.2) is 22.4 Å². The van der Waals surface area contributed by atoms with Gasteiger partial charge in [0.2, 0.25) is 0 Å². The van der Waals surface area contributed by atoms with Crippen LogP contribution in [0.5, 0.6) is 0 Å². The van der Waals surface area contributed by atoms with Crippen LogP contribution < -0.4 is 5.43 Å². The molecule has 0 atom stereocenters. The number of carbonyl (C=O) groups excluding carboxylic acids is 2. The Bertz CT molecular complexity index is 669. The largest absolute Gasteiger partial charge is 0.472 e. The van der Waals surface area contributed by atoms with Crippen molar-refractivity contribution in [3.8, 4) is 0 Å². The van der Waals surface area contributed by atoms with Crippen LogP contribution >= 0.6 is 0 Å². The first-order chi connectivity index (χ1) is 10.3. The molecule has 1 aromatic heterocycles. The van der Waals surface area contributed by atoms with E-state index >= 15 is 0 Å². The summed E-state index contributed by atoms with van der Waals surface area (Å²) in [5, 5.41) is 1.32. The Morgan fingerprint density at radius 1 is 1.14 bits per heavy atom. The lowest BCUT2D eigenvalue weighted by atomic mass is 10.1. The van der Waals surface area contributed by atoms with Crippen molar-refractivity contribution >= 4 is 11.8 Å². The Labute approximate surface area is 129 Å². The fourth-order valence-corrected chi connectivity index (χ4v) is 1.99. The van der Waals surface area contributed by atoms with E-state index in [1.165, 1.54) is 17.5 Å². The second kappa shape index (κ2) is 6.05. The molecule has 5 nitrogen and oxygen atoms in total. The van der Waals surface area contributed by atoms with Gasteiger partial charge in [-0.2, -0.15) is 0 Å². The summed E-state index contributed by atoms with van der Waals surface area (Å²) in [4.78, 5) is 24.9. The topological polar surface area (TPSA) is 62.6 Å². The van der Waals surface area contributed by atoms with Crippen molar-refractivity contribution in [2.75, 3.05) is 0 Å². The van der Waals surface area contributed by atoms with Crippen LogP contribution in [0.3, 0.4) is 0 Å². The lowest BCUT2D eigenvalue weighted by Crippen LogP contribution is -2.55. The number of nitrogens with zero attached hydrogens (tertiary/aromatic N) is 1. The first-order valence-electron chi connectivity index (χ1n) is 7.03. The van der Waals surface area contributed by atoms with Crippen LogP contribution in [0.25, 0.3) is 0 Å². The van der Waals surface area contributed by atoms with E-state index in [-0.39, 0.29) is 11.8 Å². The highest BCUT2D eigenvalue weighted by molar-refractivity contribution is 5.99. The van der Waals surface area contributed by atoms with Crippen molar-refractivity contribution in [3.05, 3.63) is 59.5 Å². The first-order valence-corrected chi connectivity index (χ1v) is 7.03. The molecule has 2 amide bonds. The van der Waals surface area contributed by atoms with Gasteiger partial charge in [0.1, 0.15) is 6.26 Å². The van der Waals surface area contributed by atoms with Gasteiger partial charge in [-0.3, -0.25) is 15.0 Å². The van der Waals surface area contributed by atoms with Crippen LogP contribution in [-0.2, 0) is 0 Å². The number of amides is 2. The van der Waals surface area contributed by atoms with Gasteiger partial charge in [0, 0.05) is 5.56 Å². The van der Waals surface area contributed by atoms with Gasteiger partial charge < -0.3 is 4.42 Å². The number of hydrogen-bond acceptors (Lipinski definition) is 3. The number of benzene rings is 1. The molecule has 0 saturated heterocycles. The fraction of sp³-hybridized carbons (Fsp3) is 0.294. The average molecular weight is 300 g/mol. The van der Waals surface area contributed by atoms with E-state index in [1.807, 2.05) is 39.8 Å². The number of hydrogen-bond donors (Lipinski definition) is 1. The molecule has 2 rings (SSSR count). The maximum absolute atomic E-state index is 12.5. The highest BCUT2D eigenvalue weighted by Gasteiger charge is 2.30. The maximum atomic E-state index is 12.5.